The molecule has 3 aromatic rings. The predicted octanol–water partition coefficient (Wildman–Crippen LogP) is 3.62. The van der Waals surface area contributed by atoms with E-state index in [9.17, 15) is 4.79 Å². The third-order valence-corrected chi connectivity index (χ3v) is 5.03. The highest BCUT2D eigenvalue weighted by molar-refractivity contribution is 5.97. The van der Waals surface area contributed by atoms with Gasteiger partial charge in [-0.2, -0.15) is 4.98 Å². The fourth-order valence-corrected chi connectivity index (χ4v) is 3.54. The highest BCUT2D eigenvalue weighted by Crippen LogP contribution is 2.34. The Morgan fingerprint density at radius 2 is 1.85 bits per heavy atom. The smallest absolute Gasteiger partial charge is 0.257 e. The standard InChI is InChI=1S/C21H21N3O3/c1-14-12-24(21(25)16-10-6-7-11-18(16)26-2)13-17(14)20-22-19(23-27-20)15-8-4-3-5-9-15/h3-11,14,17H,12-13H2,1-2H3/t14-,17-/m0/s1. The number of benzene rings is 2. The maximum atomic E-state index is 13.0. The second-order valence-corrected chi connectivity index (χ2v) is 6.82. The minimum absolute atomic E-state index is 0.0219. The zero-order valence-electron chi connectivity index (χ0n) is 15.3. The van der Waals surface area contributed by atoms with E-state index in [0.29, 0.717) is 36.1 Å². The largest absolute Gasteiger partial charge is 0.496 e. The Kier molecular flexibility index (Phi) is 4.62. The molecule has 0 spiro atoms. The van der Waals surface area contributed by atoms with Crippen LogP contribution in [0.15, 0.2) is 59.1 Å². The average Bonchev–Trinajstić information content (AvgIpc) is 3.35. The predicted molar refractivity (Wildman–Crippen MR) is 101 cm³/mol. The molecule has 2 atom stereocenters. The van der Waals surface area contributed by atoms with Gasteiger partial charge in [-0.25, -0.2) is 0 Å². The van der Waals surface area contributed by atoms with Crippen LogP contribution >= 0.6 is 0 Å². The van der Waals surface area contributed by atoms with E-state index in [-0.39, 0.29) is 17.7 Å². The quantitative estimate of drug-likeness (QED) is 0.708. The van der Waals surface area contributed by atoms with Gasteiger partial charge in [0.25, 0.3) is 5.91 Å². The minimum atomic E-state index is -0.0374. The van der Waals surface area contributed by atoms with Crippen molar-refractivity contribution < 1.29 is 14.1 Å². The van der Waals surface area contributed by atoms with Gasteiger partial charge in [0, 0.05) is 18.7 Å². The first-order chi connectivity index (χ1) is 13.2. The van der Waals surface area contributed by atoms with Crippen molar-refractivity contribution in [3.8, 4) is 17.1 Å². The highest BCUT2D eigenvalue weighted by atomic mass is 16.5. The van der Waals surface area contributed by atoms with Crippen molar-refractivity contribution in [2.45, 2.75) is 12.8 Å². The number of para-hydroxylation sites is 1. The summed E-state index contributed by atoms with van der Waals surface area (Å²) in [5.41, 5.74) is 1.49. The van der Waals surface area contributed by atoms with Gasteiger partial charge in [-0.1, -0.05) is 54.5 Å². The van der Waals surface area contributed by atoms with Crippen LogP contribution in [0.1, 0.15) is 29.1 Å². The monoisotopic (exact) mass is 363 g/mol. The van der Waals surface area contributed by atoms with Gasteiger partial charge in [-0.15, -0.1) is 0 Å². The van der Waals surface area contributed by atoms with Crippen molar-refractivity contribution in [3.63, 3.8) is 0 Å². The molecule has 4 rings (SSSR count). The van der Waals surface area contributed by atoms with E-state index in [2.05, 4.69) is 17.1 Å². The summed E-state index contributed by atoms with van der Waals surface area (Å²) < 4.78 is 10.9. The summed E-state index contributed by atoms with van der Waals surface area (Å²) in [5, 5.41) is 4.11. The van der Waals surface area contributed by atoms with Crippen LogP contribution in [0, 0.1) is 5.92 Å². The molecule has 0 unspecified atom stereocenters. The fraction of sp³-hybridized carbons (Fsp3) is 0.286. The molecule has 6 heteroatoms. The molecule has 138 valence electrons. The molecule has 2 heterocycles. The minimum Gasteiger partial charge on any atom is -0.496 e. The number of amides is 1. The summed E-state index contributed by atoms with van der Waals surface area (Å²) in [6.07, 6.45) is 0. The second kappa shape index (κ2) is 7.23. The van der Waals surface area contributed by atoms with Gasteiger partial charge in [-0.3, -0.25) is 4.79 Å². The molecule has 1 aliphatic rings. The molecule has 0 bridgehead atoms. The molecule has 0 saturated carbocycles. The Bertz CT molecular complexity index is 939. The lowest BCUT2D eigenvalue weighted by molar-refractivity contribution is 0.0782. The van der Waals surface area contributed by atoms with Gasteiger partial charge in [-0.05, 0) is 18.1 Å². The van der Waals surface area contributed by atoms with Gasteiger partial charge in [0.1, 0.15) is 5.75 Å². The van der Waals surface area contributed by atoms with Crippen LogP contribution in [-0.2, 0) is 0 Å². The Morgan fingerprint density at radius 1 is 1.11 bits per heavy atom. The molecular weight excluding hydrogens is 342 g/mol. The van der Waals surface area contributed by atoms with Gasteiger partial charge >= 0.3 is 0 Å². The summed E-state index contributed by atoms with van der Waals surface area (Å²) >= 11 is 0. The van der Waals surface area contributed by atoms with Crippen LogP contribution in [0.5, 0.6) is 5.75 Å². The van der Waals surface area contributed by atoms with E-state index in [1.54, 1.807) is 19.2 Å². The Balaban J connectivity index is 1.54. The van der Waals surface area contributed by atoms with Crippen LogP contribution in [0.3, 0.4) is 0 Å². The van der Waals surface area contributed by atoms with Gasteiger partial charge in [0.15, 0.2) is 0 Å². The summed E-state index contributed by atoms with van der Waals surface area (Å²) in [6, 6.07) is 17.0. The van der Waals surface area contributed by atoms with Crippen molar-refractivity contribution in [1.29, 1.82) is 0 Å². The second-order valence-electron chi connectivity index (χ2n) is 6.82. The third-order valence-electron chi connectivity index (χ3n) is 5.03. The van der Waals surface area contributed by atoms with Crippen LogP contribution in [-0.4, -0.2) is 41.1 Å². The van der Waals surface area contributed by atoms with Crippen LogP contribution in [0.4, 0.5) is 0 Å². The van der Waals surface area contributed by atoms with Crippen molar-refractivity contribution in [3.05, 3.63) is 66.1 Å². The molecule has 1 aliphatic heterocycles. The van der Waals surface area contributed by atoms with E-state index in [1.807, 2.05) is 47.4 Å². The average molecular weight is 363 g/mol. The maximum absolute atomic E-state index is 13.0. The molecule has 27 heavy (non-hydrogen) atoms. The molecule has 1 amide bonds. The molecule has 0 aliphatic carbocycles. The lowest BCUT2D eigenvalue weighted by Crippen LogP contribution is -2.29. The SMILES string of the molecule is COc1ccccc1C(=O)N1C[C@H](c2nc(-c3ccccc3)no2)[C@@H](C)C1. The van der Waals surface area contributed by atoms with E-state index < -0.39 is 0 Å². The number of ether oxygens (including phenoxy) is 1. The molecule has 0 radical (unpaired) electrons. The summed E-state index contributed by atoms with van der Waals surface area (Å²) in [6.45, 7) is 3.30. The highest BCUT2D eigenvalue weighted by Gasteiger charge is 2.37. The van der Waals surface area contributed by atoms with Crippen molar-refractivity contribution in [2.75, 3.05) is 20.2 Å². The molecule has 0 N–H and O–H groups in total. The zero-order chi connectivity index (χ0) is 18.8. The molecule has 1 aromatic heterocycles. The van der Waals surface area contributed by atoms with Gasteiger partial charge in [0.05, 0.1) is 18.6 Å². The first-order valence-corrected chi connectivity index (χ1v) is 8.98. The Hall–Kier alpha value is -3.15. The summed E-state index contributed by atoms with van der Waals surface area (Å²) in [4.78, 5) is 19.4. The van der Waals surface area contributed by atoms with Crippen LogP contribution in [0.2, 0.25) is 0 Å². The first kappa shape index (κ1) is 17.3. The number of carbonyl (C=O) groups excluding carboxylic acids is 1. The normalized spacial score (nSPS) is 19.3. The van der Waals surface area contributed by atoms with Crippen LogP contribution in [0.25, 0.3) is 11.4 Å². The van der Waals surface area contributed by atoms with Gasteiger partial charge in [0.2, 0.25) is 11.7 Å². The number of methoxy groups -OCH3 is 1. The number of hydrogen-bond acceptors (Lipinski definition) is 5. The lowest BCUT2D eigenvalue weighted by atomic mass is 9.98. The zero-order valence-corrected chi connectivity index (χ0v) is 15.3. The van der Waals surface area contributed by atoms with Crippen molar-refractivity contribution in [1.82, 2.24) is 15.0 Å². The Morgan fingerprint density at radius 3 is 2.63 bits per heavy atom. The number of hydrogen-bond donors (Lipinski definition) is 0. The number of aromatic nitrogens is 2. The topological polar surface area (TPSA) is 68.5 Å². The Labute approximate surface area is 157 Å². The van der Waals surface area contributed by atoms with Crippen molar-refractivity contribution >= 4 is 5.91 Å². The maximum Gasteiger partial charge on any atom is 0.257 e. The summed E-state index contributed by atoms with van der Waals surface area (Å²) in [7, 11) is 1.57. The fourth-order valence-electron chi connectivity index (χ4n) is 3.54. The van der Waals surface area contributed by atoms with Gasteiger partial charge < -0.3 is 14.2 Å². The number of rotatable bonds is 4. The molecule has 6 nitrogen and oxygen atoms in total. The van der Waals surface area contributed by atoms with Crippen LogP contribution < -0.4 is 4.74 Å². The first-order valence-electron chi connectivity index (χ1n) is 8.98. The number of likely N-dealkylation sites (tertiary alicyclic amines) is 1. The van der Waals surface area contributed by atoms with Crippen molar-refractivity contribution in [2.24, 2.45) is 5.92 Å². The summed E-state index contributed by atoms with van der Waals surface area (Å²) in [5.74, 6) is 1.96. The van der Waals surface area contributed by atoms with E-state index >= 15 is 0 Å². The van der Waals surface area contributed by atoms with E-state index in [1.165, 1.54) is 0 Å². The third kappa shape index (κ3) is 3.30. The van der Waals surface area contributed by atoms with E-state index in [0.717, 1.165) is 5.56 Å². The molecular formula is C21H21N3O3. The molecule has 1 fully saturated rings. The lowest BCUT2D eigenvalue weighted by Gasteiger charge is -2.17. The number of carbonyl (C=O) groups is 1. The van der Waals surface area contributed by atoms with E-state index in [4.69, 9.17) is 9.26 Å². The molecule has 1 saturated heterocycles. The molecule has 2 aromatic carbocycles. The number of nitrogens with zero attached hydrogens (tertiary/aromatic N) is 3.